The van der Waals surface area contributed by atoms with Crippen LogP contribution in [-0.2, 0) is 9.59 Å². The van der Waals surface area contributed by atoms with E-state index in [-0.39, 0.29) is 6.54 Å². The van der Waals surface area contributed by atoms with Gasteiger partial charge in [-0.1, -0.05) is 48.5 Å². The minimum absolute atomic E-state index is 0.302. The van der Waals surface area contributed by atoms with Gasteiger partial charge in [-0.25, -0.2) is 0 Å². The third-order valence-corrected chi connectivity index (χ3v) is 5.09. The molecular weight excluding hydrogens is 374 g/mol. The van der Waals surface area contributed by atoms with Crippen molar-refractivity contribution in [2.45, 2.75) is 0 Å². The van der Waals surface area contributed by atoms with Gasteiger partial charge in [0.1, 0.15) is 6.54 Å². The van der Waals surface area contributed by atoms with Gasteiger partial charge in [0.2, 0.25) is 5.91 Å². The van der Waals surface area contributed by atoms with Crippen LogP contribution in [0, 0.1) is 0 Å². The van der Waals surface area contributed by atoms with Crippen molar-refractivity contribution in [2.24, 2.45) is 0 Å². The maximum absolute atomic E-state index is 12.5. The highest BCUT2D eigenvalue weighted by molar-refractivity contribution is 8.18. The van der Waals surface area contributed by atoms with Gasteiger partial charge in [0.15, 0.2) is 0 Å². The molecule has 0 radical (unpaired) electrons. The number of benzene rings is 2. The van der Waals surface area contributed by atoms with E-state index < -0.39 is 17.1 Å². The molecule has 0 unspecified atom stereocenters. The van der Waals surface area contributed by atoms with Crippen LogP contribution >= 0.6 is 11.8 Å². The molecule has 0 aliphatic carbocycles. The van der Waals surface area contributed by atoms with Crippen molar-refractivity contribution in [2.75, 3.05) is 11.9 Å². The van der Waals surface area contributed by atoms with Crippen molar-refractivity contribution < 1.29 is 14.4 Å². The molecule has 3 amide bonds. The van der Waals surface area contributed by atoms with Gasteiger partial charge in [-0.3, -0.25) is 24.3 Å². The van der Waals surface area contributed by atoms with Gasteiger partial charge in [-0.05, 0) is 35.5 Å². The third kappa shape index (κ3) is 3.65. The summed E-state index contributed by atoms with van der Waals surface area (Å²) >= 11 is 0.834. The van der Waals surface area contributed by atoms with Crippen LogP contribution in [0.15, 0.2) is 71.8 Å². The van der Waals surface area contributed by atoms with E-state index in [1.165, 1.54) is 0 Å². The molecule has 1 N–H and O–H groups in total. The predicted molar refractivity (Wildman–Crippen MR) is 109 cm³/mol. The number of thioether (sulfide) groups is 1. The Morgan fingerprint density at radius 3 is 2.64 bits per heavy atom. The average Bonchev–Trinajstić information content (AvgIpc) is 2.96. The number of pyridine rings is 1. The zero-order valence-electron chi connectivity index (χ0n) is 14.7. The van der Waals surface area contributed by atoms with Crippen molar-refractivity contribution in [3.05, 3.63) is 77.3 Å². The molecule has 3 aromatic rings. The first-order valence-corrected chi connectivity index (χ1v) is 9.37. The summed E-state index contributed by atoms with van der Waals surface area (Å²) in [6.45, 7) is -0.347. The van der Waals surface area contributed by atoms with Gasteiger partial charge in [0.25, 0.3) is 11.1 Å². The number of carbonyl (C=O) groups is 3. The highest BCUT2D eigenvalue weighted by atomic mass is 32.2. The number of nitrogens with zero attached hydrogens (tertiary/aromatic N) is 2. The smallest absolute Gasteiger partial charge is 0.294 e. The second-order valence-corrected chi connectivity index (χ2v) is 7.10. The number of hydrogen-bond acceptors (Lipinski definition) is 5. The summed E-state index contributed by atoms with van der Waals surface area (Å²) in [5.74, 6) is -0.925. The molecule has 1 aromatic heterocycles. The predicted octanol–water partition coefficient (Wildman–Crippen LogP) is 3.91. The van der Waals surface area contributed by atoms with Crippen molar-refractivity contribution in [3.8, 4) is 0 Å². The topological polar surface area (TPSA) is 79.4 Å². The summed E-state index contributed by atoms with van der Waals surface area (Å²) in [7, 11) is 0. The van der Waals surface area contributed by atoms with Gasteiger partial charge in [-0.2, -0.15) is 0 Å². The molecular formula is C21H15N3O3S. The summed E-state index contributed by atoms with van der Waals surface area (Å²) in [5, 5.41) is 3.17. The lowest BCUT2D eigenvalue weighted by Crippen LogP contribution is -2.36. The fraction of sp³-hybridized carbons (Fsp3) is 0.0476. The molecule has 28 heavy (non-hydrogen) atoms. The first kappa shape index (κ1) is 17.9. The lowest BCUT2D eigenvalue weighted by Gasteiger charge is -2.13. The van der Waals surface area contributed by atoms with E-state index in [9.17, 15) is 14.4 Å². The van der Waals surface area contributed by atoms with E-state index in [2.05, 4.69) is 10.3 Å². The number of amides is 3. The number of rotatable bonds is 4. The van der Waals surface area contributed by atoms with Crippen LogP contribution < -0.4 is 5.32 Å². The fourth-order valence-corrected chi connectivity index (χ4v) is 3.71. The number of aromatic nitrogens is 1. The largest absolute Gasteiger partial charge is 0.323 e. The van der Waals surface area contributed by atoms with E-state index in [4.69, 9.17) is 0 Å². The Bertz CT molecular complexity index is 1110. The molecule has 0 atom stereocenters. The molecule has 0 spiro atoms. The molecule has 1 aliphatic rings. The van der Waals surface area contributed by atoms with Crippen LogP contribution in [0.5, 0.6) is 0 Å². The molecule has 1 aliphatic heterocycles. The minimum Gasteiger partial charge on any atom is -0.323 e. The van der Waals surface area contributed by atoms with E-state index in [0.29, 0.717) is 16.1 Å². The first-order chi connectivity index (χ1) is 13.6. The Kier molecular flexibility index (Phi) is 4.90. The third-order valence-electron chi connectivity index (χ3n) is 4.18. The molecule has 4 rings (SSSR count). The Morgan fingerprint density at radius 1 is 1.04 bits per heavy atom. The van der Waals surface area contributed by atoms with Crippen molar-refractivity contribution in [3.63, 3.8) is 0 Å². The van der Waals surface area contributed by atoms with E-state index in [1.807, 2.05) is 54.6 Å². The molecule has 7 heteroatoms. The van der Waals surface area contributed by atoms with Crippen LogP contribution in [0.25, 0.3) is 17.0 Å². The van der Waals surface area contributed by atoms with Crippen molar-refractivity contribution in [1.29, 1.82) is 0 Å². The lowest BCUT2D eigenvalue weighted by molar-refractivity contribution is -0.127. The zero-order valence-corrected chi connectivity index (χ0v) is 15.5. The molecule has 0 bridgehead atoms. The van der Waals surface area contributed by atoms with Gasteiger partial charge in [0.05, 0.1) is 16.1 Å². The first-order valence-electron chi connectivity index (χ1n) is 8.56. The minimum atomic E-state index is -0.468. The maximum atomic E-state index is 12.5. The average molecular weight is 389 g/mol. The number of nitrogens with one attached hydrogen (secondary N) is 1. The second-order valence-electron chi connectivity index (χ2n) is 6.11. The number of hydrogen-bond donors (Lipinski definition) is 1. The Morgan fingerprint density at radius 2 is 1.82 bits per heavy atom. The lowest BCUT2D eigenvalue weighted by atomic mass is 10.2. The summed E-state index contributed by atoms with van der Waals surface area (Å²) in [6, 6.07) is 18.4. The monoisotopic (exact) mass is 389 g/mol. The van der Waals surface area contributed by atoms with Gasteiger partial charge in [-0.15, -0.1) is 0 Å². The molecule has 6 nitrogen and oxygen atoms in total. The fourth-order valence-electron chi connectivity index (χ4n) is 2.88. The second kappa shape index (κ2) is 7.66. The van der Waals surface area contributed by atoms with Crippen LogP contribution in [-0.4, -0.2) is 33.5 Å². The van der Waals surface area contributed by atoms with E-state index >= 15 is 0 Å². The van der Waals surface area contributed by atoms with Crippen LogP contribution in [0.3, 0.4) is 0 Å². The van der Waals surface area contributed by atoms with Gasteiger partial charge < -0.3 is 5.32 Å². The summed E-state index contributed by atoms with van der Waals surface area (Å²) in [5.41, 5.74) is 2.01. The standard InChI is InChI=1S/C21H15N3O3S/c25-18(23-16-10-4-8-15-9-5-11-22-19(15)16)13-24-20(26)17(28-21(24)27)12-14-6-2-1-3-7-14/h1-12H,13H2,(H,23,25)/b17-12+. The molecule has 1 saturated heterocycles. The molecule has 0 saturated carbocycles. The van der Waals surface area contributed by atoms with Crippen molar-refractivity contribution >= 4 is 51.5 Å². The van der Waals surface area contributed by atoms with Crippen LogP contribution in [0.4, 0.5) is 10.5 Å². The maximum Gasteiger partial charge on any atom is 0.294 e. The van der Waals surface area contributed by atoms with Crippen molar-refractivity contribution in [1.82, 2.24) is 9.88 Å². The van der Waals surface area contributed by atoms with E-state index in [0.717, 1.165) is 27.6 Å². The van der Waals surface area contributed by atoms with Crippen LogP contribution in [0.1, 0.15) is 5.56 Å². The zero-order chi connectivity index (χ0) is 19.5. The molecule has 1 fully saturated rings. The summed E-state index contributed by atoms with van der Waals surface area (Å²) in [4.78, 5) is 42.8. The number of anilines is 1. The SMILES string of the molecule is O=C(CN1C(=O)S/C(=C/c2ccccc2)C1=O)Nc1cccc2cccnc12. The summed E-state index contributed by atoms with van der Waals surface area (Å²) in [6.07, 6.45) is 3.29. The number of para-hydroxylation sites is 1. The number of imide groups is 1. The van der Waals surface area contributed by atoms with E-state index in [1.54, 1.807) is 18.3 Å². The molecule has 2 heterocycles. The Hall–Kier alpha value is -3.45. The summed E-state index contributed by atoms with van der Waals surface area (Å²) < 4.78 is 0. The quantitative estimate of drug-likeness (QED) is 0.685. The van der Waals surface area contributed by atoms with Gasteiger partial charge >= 0.3 is 0 Å². The van der Waals surface area contributed by atoms with Crippen LogP contribution in [0.2, 0.25) is 0 Å². The molecule has 2 aromatic carbocycles. The number of carbonyl (C=O) groups excluding carboxylic acids is 3. The Labute approximate surface area is 165 Å². The van der Waals surface area contributed by atoms with Gasteiger partial charge in [0, 0.05) is 11.6 Å². The normalized spacial score (nSPS) is 15.4. The molecule has 138 valence electrons. The highest BCUT2D eigenvalue weighted by Gasteiger charge is 2.36. The number of fused-ring (bicyclic) bond motifs is 1. The highest BCUT2D eigenvalue weighted by Crippen LogP contribution is 2.32. The Balaban J connectivity index is 1.49.